The Labute approximate surface area is 104 Å². The zero-order valence-electron chi connectivity index (χ0n) is 10.9. The number of aromatic nitrogens is 4. The number of hydrogen-bond acceptors (Lipinski definition) is 4. The zero-order valence-corrected chi connectivity index (χ0v) is 10.9. The van der Waals surface area contributed by atoms with E-state index in [1.54, 1.807) is 39.0 Å². The average Bonchev–Trinajstić information content (AvgIpc) is 2.79. The van der Waals surface area contributed by atoms with Crippen molar-refractivity contribution in [2.75, 3.05) is 12.4 Å². The highest BCUT2D eigenvalue weighted by Crippen LogP contribution is 2.22. The second kappa shape index (κ2) is 4.67. The molecular formula is C11H16FN5O. The molecule has 6 nitrogen and oxygen atoms in total. The van der Waals surface area contributed by atoms with Gasteiger partial charge < -0.3 is 10.1 Å². The summed E-state index contributed by atoms with van der Waals surface area (Å²) in [5, 5.41) is 11.2. The molecule has 0 aromatic carbocycles. The van der Waals surface area contributed by atoms with Gasteiger partial charge in [0, 0.05) is 26.2 Å². The van der Waals surface area contributed by atoms with Crippen molar-refractivity contribution in [1.82, 2.24) is 19.6 Å². The molecule has 0 fully saturated rings. The maximum Gasteiger partial charge on any atom is 0.256 e. The van der Waals surface area contributed by atoms with E-state index >= 15 is 0 Å². The molecule has 0 unspecified atom stereocenters. The summed E-state index contributed by atoms with van der Waals surface area (Å²) in [4.78, 5) is 0. The Morgan fingerprint density at radius 2 is 2.11 bits per heavy atom. The monoisotopic (exact) mass is 253 g/mol. The molecule has 0 amide bonds. The summed E-state index contributed by atoms with van der Waals surface area (Å²) >= 11 is 0. The molecule has 0 bridgehead atoms. The number of halogens is 1. The predicted octanol–water partition coefficient (Wildman–Crippen LogP) is 1.22. The first-order valence-corrected chi connectivity index (χ1v) is 5.52. The predicted molar refractivity (Wildman–Crippen MR) is 65.0 cm³/mol. The van der Waals surface area contributed by atoms with E-state index in [-0.39, 0.29) is 5.95 Å². The van der Waals surface area contributed by atoms with Crippen LogP contribution in [0, 0.1) is 12.9 Å². The number of ether oxygens (including phenoxy) is 1. The van der Waals surface area contributed by atoms with Crippen LogP contribution in [0.2, 0.25) is 0 Å². The fraction of sp³-hybridized carbons (Fsp3) is 0.455. The van der Waals surface area contributed by atoms with E-state index in [0.29, 0.717) is 23.7 Å². The van der Waals surface area contributed by atoms with E-state index in [9.17, 15) is 4.39 Å². The van der Waals surface area contributed by atoms with Gasteiger partial charge in [0.2, 0.25) is 5.95 Å². The molecule has 0 saturated heterocycles. The van der Waals surface area contributed by atoms with Gasteiger partial charge in [0.15, 0.2) is 0 Å². The van der Waals surface area contributed by atoms with Gasteiger partial charge in [-0.3, -0.25) is 4.68 Å². The lowest BCUT2D eigenvalue weighted by molar-refractivity contribution is 0.393. The second-order valence-electron chi connectivity index (χ2n) is 4.06. The fourth-order valence-corrected chi connectivity index (χ4v) is 1.80. The Hall–Kier alpha value is -2.05. The van der Waals surface area contributed by atoms with Crippen LogP contribution in [0.3, 0.4) is 0 Å². The minimum Gasteiger partial charge on any atom is -0.478 e. The third kappa shape index (κ3) is 2.15. The van der Waals surface area contributed by atoms with Gasteiger partial charge in [-0.15, -0.1) is 5.10 Å². The van der Waals surface area contributed by atoms with Gasteiger partial charge >= 0.3 is 0 Å². The molecule has 1 N–H and O–H groups in total. The van der Waals surface area contributed by atoms with Gasteiger partial charge in [0.05, 0.1) is 19.0 Å². The van der Waals surface area contributed by atoms with E-state index in [1.807, 2.05) is 0 Å². The molecule has 2 rings (SSSR count). The van der Waals surface area contributed by atoms with Crippen molar-refractivity contribution in [3.63, 3.8) is 0 Å². The largest absolute Gasteiger partial charge is 0.478 e. The number of hydrogen-bond donors (Lipinski definition) is 1. The minimum atomic E-state index is -0.331. The molecule has 0 atom stereocenters. The number of nitrogens with one attached hydrogen (secondary N) is 1. The average molecular weight is 253 g/mol. The molecule has 98 valence electrons. The van der Waals surface area contributed by atoms with Crippen LogP contribution in [0.4, 0.5) is 10.1 Å². The van der Waals surface area contributed by atoms with Gasteiger partial charge in [-0.05, 0) is 6.92 Å². The molecule has 0 radical (unpaired) electrons. The highest BCUT2D eigenvalue weighted by atomic mass is 19.1. The van der Waals surface area contributed by atoms with Crippen molar-refractivity contribution >= 4 is 5.69 Å². The van der Waals surface area contributed by atoms with E-state index in [2.05, 4.69) is 15.5 Å². The molecule has 2 aromatic heterocycles. The number of nitrogens with zero attached hydrogens (tertiary/aromatic N) is 4. The molecule has 2 heterocycles. The first-order valence-electron chi connectivity index (χ1n) is 5.52. The highest BCUT2D eigenvalue weighted by molar-refractivity contribution is 5.51. The smallest absolute Gasteiger partial charge is 0.256 e. The Balaban J connectivity index is 2.16. The molecule has 0 spiro atoms. The van der Waals surface area contributed by atoms with Crippen LogP contribution in [0.15, 0.2) is 6.20 Å². The minimum absolute atomic E-state index is 0.331. The van der Waals surface area contributed by atoms with E-state index < -0.39 is 0 Å². The van der Waals surface area contributed by atoms with Gasteiger partial charge in [-0.1, -0.05) is 0 Å². The SMILES string of the molecule is COc1nn(C)cc1NCc1c(C)nn(C)c1F. The third-order valence-corrected chi connectivity index (χ3v) is 2.71. The van der Waals surface area contributed by atoms with E-state index in [0.717, 1.165) is 5.69 Å². The van der Waals surface area contributed by atoms with Gasteiger partial charge in [-0.2, -0.15) is 9.49 Å². The number of rotatable bonds is 4. The van der Waals surface area contributed by atoms with E-state index in [1.165, 1.54) is 4.68 Å². The van der Waals surface area contributed by atoms with Crippen molar-refractivity contribution in [3.05, 3.63) is 23.4 Å². The summed E-state index contributed by atoms with van der Waals surface area (Å²) in [7, 11) is 4.92. The van der Waals surface area contributed by atoms with Crippen molar-refractivity contribution in [3.8, 4) is 5.88 Å². The normalized spacial score (nSPS) is 10.7. The standard InChI is InChI=1S/C11H16FN5O/c1-7-8(10(12)17(3)14-7)5-13-9-6-16(2)15-11(9)18-4/h6,13H,5H2,1-4H3. The Morgan fingerprint density at radius 3 is 2.67 bits per heavy atom. The van der Waals surface area contributed by atoms with Gasteiger partial charge in [-0.25, -0.2) is 4.68 Å². The lowest BCUT2D eigenvalue weighted by Crippen LogP contribution is -2.03. The van der Waals surface area contributed by atoms with Crippen LogP contribution in [-0.4, -0.2) is 26.7 Å². The third-order valence-electron chi connectivity index (χ3n) is 2.71. The van der Waals surface area contributed by atoms with Crippen LogP contribution in [0.1, 0.15) is 11.3 Å². The molecule has 0 aliphatic heterocycles. The maximum atomic E-state index is 13.7. The molecule has 0 aliphatic carbocycles. The molecule has 18 heavy (non-hydrogen) atoms. The van der Waals surface area contributed by atoms with Crippen molar-refractivity contribution < 1.29 is 9.13 Å². The molecule has 0 aliphatic rings. The summed E-state index contributed by atoms with van der Waals surface area (Å²) < 4.78 is 21.7. The first-order chi connectivity index (χ1) is 8.52. The lowest BCUT2D eigenvalue weighted by Gasteiger charge is -2.04. The second-order valence-corrected chi connectivity index (χ2v) is 4.06. The molecule has 7 heteroatoms. The highest BCUT2D eigenvalue weighted by Gasteiger charge is 2.14. The summed E-state index contributed by atoms with van der Waals surface area (Å²) in [6.45, 7) is 2.12. The number of aryl methyl sites for hydroxylation is 3. The summed E-state index contributed by atoms with van der Waals surface area (Å²) in [6.07, 6.45) is 1.78. The Morgan fingerprint density at radius 1 is 1.39 bits per heavy atom. The van der Waals surface area contributed by atoms with Crippen molar-refractivity contribution in [2.24, 2.45) is 14.1 Å². The van der Waals surface area contributed by atoms with Crippen LogP contribution in [0.25, 0.3) is 0 Å². The number of anilines is 1. The van der Waals surface area contributed by atoms with Crippen LogP contribution in [-0.2, 0) is 20.6 Å². The summed E-state index contributed by atoms with van der Waals surface area (Å²) in [6, 6.07) is 0. The summed E-state index contributed by atoms with van der Waals surface area (Å²) in [5.41, 5.74) is 1.94. The van der Waals surface area contributed by atoms with Crippen molar-refractivity contribution in [1.29, 1.82) is 0 Å². The Bertz CT molecular complexity index is 560. The lowest BCUT2D eigenvalue weighted by atomic mass is 10.2. The molecule has 2 aromatic rings. The maximum absolute atomic E-state index is 13.7. The van der Waals surface area contributed by atoms with Gasteiger partial charge in [0.1, 0.15) is 5.69 Å². The topological polar surface area (TPSA) is 56.9 Å². The van der Waals surface area contributed by atoms with Crippen LogP contribution >= 0.6 is 0 Å². The van der Waals surface area contributed by atoms with E-state index in [4.69, 9.17) is 4.74 Å². The van der Waals surface area contributed by atoms with Crippen LogP contribution < -0.4 is 10.1 Å². The molecular weight excluding hydrogens is 237 g/mol. The quantitative estimate of drug-likeness (QED) is 0.890. The fourth-order valence-electron chi connectivity index (χ4n) is 1.80. The van der Waals surface area contributed by atoms with Gasteiger partial charge in [0.25, 0.3) is 5.88 Å². The van der Waals surface area contributed by atoms with Crippen LogP contribution in [0.5, 0.6) is 5.88 Å². The molecule has 0 saturated carbocycles. The summed E-state index contributed by atoms with van der Waals surface area (Å²) in [5.74, 6) is 0.155. The van der Waals surface area contributed by atoms with Crippen molar-refractivity contribution in [2.45, 2.75) is 13.5 Å². The zero-order chi connectivity index (χ0) is 13.3. The first kappa shape index (κ1) is 12.4. The number of methoxy groups -OCH3 is 1. The Kier molecular flexibility index (Phi) is 3.22.